The molecule has 2 aliphatic heterocycles. The Morgan fingerprint density at radius 3 is 2.47 bits per heavy atom. The van der Waals surface area contributed by atoms with Crippen molar-refractivity contribution in [1.82, 2.24) is 5.32 Å². The van der Waals surface area contributed by atoms with Crippen LogP contribution in [0.15, 0.2) is 28.7 Å². The molecule has 0 saturated carbocycles. The quantitative estimate of drug-likeness (QED) is 0.839. The van der Waals surface area contributed by atoms with Gasteiger partial charge in [-0.05, 0) is 30.7 Å². The van der Waals surface area contributed by atoms with Crippen LogP contribution < -0.4 is 10.2 Å². The molecule has 0 aromatic heterocycles. The monoisotopic (exact) mass is 266 g/mol. The average molecular weight is 267 g/mol. The summed E-state index contributed by atoms with van der Waals surface area (Å²) in [5, 5.41) is 3.39. The van der Waals surface area contributed by atoms with Crippen LogP contribution in [0.4, 0.5) is 5.69 Å². The van der Waals surface area contributed by atoms with E-state index in [2.05, 4.69) is 50.4 Å². The van der Waals surface area contributed by atoms with Crippen LogP contribution in [-0.2, 0) is 0 Å². The fraction of sp³-hybridized carbons (Fsp3) is 0.500. The summed E-state index contributed by atoms with van der Waals surface area (Å²) in [5.74, 6) is 0. The lowest BCUT2D eigenvalue weighted by atomic mass is 9.81. The van der Waals surface area contributed by atoms with Crippen LogP contribution in [-0.4, -0.2) is 26.2 Å². The highest BCUT2D eigenvalue weighted by Crippen LogP contribution is 2.36. The molecule has 0 radical (unpaired) electrons. The Hall–Kier alpha value is -0.540. The maximum Gasteiger partial charge on any atom is 0.0367 e. The van der Waals surface area contributed by atoms with Crippen molar-refractivity contribution in [2.75, 3.05) is 31.1 Å². The molecule has 0 amide bonds. The topological polar surface area (TPSA) is 15.3 Å². The lowest BCUT2D eigenvalue weighted by Crippen LogP contribution is -2.54. The molecule has 1 aromatic carbocycles. The molecule has 2 aliphatic rings. The third kappa shape index (κ3) is 1.68. The molecule has 3 heteroatoms. The summed E-state index contributed by atoms with van der Waals surface area (Å²) in [6, 6.07) is 8.66. The first-order valence-electron chi connectivity index (χ1n) is 5.49. The van der Waals surface area contributed by atoms with E-state index < -0.39 is 0 Å². The van der Waals surface area contributed by atoms with Crippen LogP contribution in [0.5, 0.6) is 0 Å². The maximum absolute atomic E-state index is 3.47. The zero-order chi connectivity index (χ0) is 10.3. The number of rotatable bonds is 1. The van der Waals surface area contributed by atoms with Gasteiger partial charge in [0.15, 0.2) is 0 Å². The van der Waals surface area contributed by atoms with Crippen molar-refractivity contribution in [2.45, 2.75) is 6.42 Å². The first-order chi connectivity index (χ1) is 7.27. The van der Waals surface area contributed by atoms with Crippen molar-refractivity contribution in [3.8, 4) is 0 Å². The molecule has 1 spiro atoms. The highest BCUT2D eigenvalue weighted by atomic mass is 79.9. The molecular weight excluding hydrogens is 252 g/mol. The molecule has 1 N–H and O–H groups in total. The number of nitrogens with zero attached hydrogens (tertiary/aromatic N) is 1. The third-order valence-electron chi connectivity index (χ3n) is 3.63. The lowest BCUT2D eigenvalue weighted by molar-refractivity contribution is 0.200. The minimum Gasteiger partial charge on any atom is -0.371 e. The minimum atomic E-state index is 0.590. The second-order valence-electron chi connectivity index (χ2n) is 4.75. The van der Waals surface area contributed by atoms with E-state index >= 15 is 0 Å². The van der Waals surface area contributed by atoms with Crippen LogP contribution in [0.3, 0.4) is 0 Å². The van der Waals surface area contributed by atoms with Crippen molar-refractivity contribution in [1.29, 1.82) is 0 Å². The number of nitrogens with one attached hydrogen (secondary N) is 1. The molecular formula is C12H15BrN2. The van der Waals surface area contributed by atoms with E-state index in [1.165, 1.54) is 38.3 Å². The Morgan fingerprint density at radius 2 is 1.93 bits per heavy atom. The first kappa shape index (κ1) is 9.67. The molecule has 2 saturated heterocycles. The van der Waals surface area contributed by atoms with Gasteiger partial charge in [0, 0.05) is 41.8 Å². The molecule has 0 atom stereocenters. The summed E-state index contributed by atoms with van der Waals surface area (Å²) >= 11 is 3.47. The van der Waals surface area contributed by atoms with Crippen LogP contribution in [0.1, 0.15) is 6.42 Å². The second-order valence-corrected chi connectivity index (χ2v) is 5.67. The predicted molar refractivity (Wildman–Crippen MR) is 66.3 cm³/mol. The van der Waals surface area contributed by atoms with Gasteiger partial charge >= 0.3 is 0 Å². The van der Waals surface area contributed by atoms with Gasteiger partial charge in [0.1, 0.15) is 0 Å². The predicted octanol–water partition coefficient (Wildman–Crippen LogP) is 2.25. The first-order valence-corrected chi connectivity index (χ1v) is 6.28. The summed E-state index contributed by atoms with van der Waals surface area (Å²) in [4.78, 5) is 2.51. The summed E-state index contributed by atoms with van der Waals surface area (Å²) in [6.45, 7) is 4.85. The van der Waals surface area contributed by atoms with Gasteiger partial charge in [0.2, 0.25) is 0 Å². The molecule has 2 fully saturated rings. The van der Waals surface area contributed by atoms with Crippen LogP contribution in [0.2, 0.25) is 0 Å². The Labute approximate surface area is 98.8 Å². The second kappa shape index (κ2) is 3.49. The lowest BCUT2D eigenvalue weighted by Gasteiger charge is -2.39. The third-order valence-corrected chi connectivity index (χ3v) is 4.16. The highest BCUT2D eigenvalue weighted by Gasteiger charge is 2.42. The number of halogens is 1. The summed E-state index contributed by atoms with van der Waals surface area (Å²) in [5.41, 5.74) is 1.95. The van der Waals surface area contributed by atoms with E-state index in [0.717, 1.165) is 4.47 Å². The molecule has 80 valence electrons. The fourth-order valence-corrected chi connectivity index (χ4v) is 2.84. The molecule has 2 nitrogen and oxygen atoms in total. The van der Waals surface area contributed by atoms with Crippen molar-refractivity contribution < 1.29 is 0 Å². The zero-order valence-electron chi connectivity index (χ0n) is 8.67. The van der Waals surface area contributed by atoms with Gasteiger partial charge in [-0.15, -0.1) is 0 Å². The molecule has 3 rings (SSSR count). The van der Waals surface area contributed by atoms with E-state index in [-0.39, 0.29) is 0 Å². The Bertz CT molecular complexity index is 356. The highest BCUT2D eigenvalue weighted by molar-refractivity contribution is 9.10. The molecule has 0 unspecified atom stereocenters. The average Bonchev–Trinajstić information content (AvgIpc) is 2.63. The van der Waals surface area contributed by atoms with Crippen molar-refractivity contribution in [3.63, 3.8) is 0 Å². The summed E-state index contributed by atoms with van der Waals surface area (Å²) in [6.07, 6.45) is 1.34. The Morgan fingerprint density at radius 1 is 1.20 bits per heavy atom. The Kier molecular flexibility index (Phi) is 2.25. The molecule has 0 aliphatic carbocycles. The van der Waals surface area contributed by atoms with Gasteiger partial charge in [0.25, 0.3) is 0 Å². The standard InChI is InChI=1S/C12H15BrN2/c13-10-1-3-11(4-2-10)15-6-5-12(9-15)7-14-8-12/h1-4,14H,5-9H2. The van der Waals surface area contributed by atoms with Gasteiger partial charge in [-0.25, -0.2) is 0 Å². The maximum atomic E-state index is 3.47. The molecule has 1 aromatic rings. The number of anilines is 1. The Balaban J connectivity index is 1.76. The minimum absolute atomic E-state index is 0.590. The van der Waals surface area contributed by atoms with E-state index in [4.69, 9.17) is 0 Å². The normalized spacial score (nSPS) is 23.1. The van der Waals surface area contributed by atoms with Gasteiger partial charge in [-0.1, -0.05) is 15.9 Å². The van der Waals surface area contributed by atoms with Crippen LogP contribution >= 0.6 is 15.9 Å². The SMILES string of the molecule is Brc1ccc(N2CCC3(CNC3)C2)cc1. The number of hydrogen-bond donors (Lipinski definition) is 1. The smallest absolute Gasteiger partial charge is 0.0367 e. The van der Waals surface area contributed by atoms with Crippen molar-refractivity contribution in [3.05, 3.63) is 28.7 Å². The molecule has 0 bridgehead atoms. The molecule has 2 heterocycles. The zero-order valence-corrected chi connectivity index (χ0v) is 10.3. The van der Waals surface area contributed by atoms with E-state index in [0.29, 0.717) is 5.41 Å². The summed E-state index contributed by atoms with van der Waals surface area (Å²) in [7, 11) is 0. The number of hydrogen-bond acceptors (Lipinski definition) is 2. The van der Waals surface area contributed by atoms with E-state index in [9.17, 15) is 0 Å². The van der Waals surface area contributed by atoms with Crippen LogP contribution in [0.25, 0.3) is 0 Å². The van der Waals surface area contributed by atoms with Gasteiger partial charge in [-0.2, -0.15) is 0 Å². The fourth-order valence-electron chi connectivity index (χ4n) is 2.57. The van der Waals surface area contributed by atoms with Gasteiger partial charge in [-0.3, -0.25) is 0 Å². The van der Waals surface area contributed by atoms with E-state index in [1.807, 2.05) is 0 Å². The van der Waals surface area contributed by atoms with E-state index in [1.54, 1.807) is 0 Å². The largest absolute Gasteiger partial charge is 0.371 e. The van der Waals surface area contributed by atoms with Crippen molar-refractivity contribution >= 4 is 21.6 Å². The van der Waals surface area contributed by atoms with Gasteiger partial charge < -0.3 is 10.2 Å². The number of benzene rings is 1. The molecule has 15 heavy (non-hydrogen) atoms. The van der Waals surface area contributed by atoms with Crippen LogP contribution in [0, 0.1) is 5.41 Å². The van der Waals surface area contributed by atoms with Gasteiger partial charge in [0.05, 0.1) is 0 Å². The summed E-state index contributed by atoms with van der Waals surface area (Å²) < 4.78 is 1.16. The van der Waals surface area contributed by atoms with Crippen molar-refractivity contribution in [2.24, 2.45) is 5.41 Å².